The average Bonchev–Trinajstić information content (AvgIpc) is 3.17. The number of nitrogens with zero attached hydrogens (tertiary/aromatic N) is 3. The van der Waals surface area contributed by atoms with Crippen LogP contribution in [-0.2, 0) is 10.0 Å². The van der Waals surface area contributed by atoms with Crippen molar-refractivity contribution in [3.05, 3.63) is 66.4 Å². The first kappa shape index (κ1) is 23.1. The van der Waals surface area contributed by atoms with Crippen molar-refractivity contribution in [1.29, 1.82) is 0 Å². The Morgan fingerprint density at radius 3 is 2.48 bits per heavy atom. The molecule has 0 saturated heterocycles. The fourth-order valence-electron chi connectivity index (χ4n) is 3.58. The molecule has 4 rings (SSSR count). The van der Waals surface area contributed by atoms with Gasteiger partial charge in [-0.2, -0.15) is 9.61 Å². The summed E-state index contributed by atoms with van der Waals surface area (Å²) in [6, 6.07) is 16.4. The predicted octanol–water partition coefficient (Wildman–Crippen LogP) is 1.46. The van der Waals surface area contributed by atoms with E-state index in [4.69, 9.17) is 20.7 Å². The summed E-state index contributed by atoms with van der Waals surface area (Å²) in [7, 11) is 8.23. The van der Waals surface area contributed by atoms with Crippen LogP contribution in [-0.4, -0.2) is 51.8 Å². The maximum absolute atomic E-state index is 12.4. The zero-order chi connectivity index (χ0) is 23.4. The van der Waals surface area contributed by atoms with Crippen molar-refractivity contribution in [2.24, 2.45) is 0 Å². The van der Waals surface area contributed by atoms with Crippen LogP contribution in [0.25, 0.3) is 16.9 Å². The Bertz CT molecular complexity index is 1390. The Kier molecular flexibility index (Phi) is 6.85. The van der Waals surface area contributed by atoms with E-state index in [1.807, 2.05) is 37.3 Å². The highest BCUT2D eigenvalue weighted by atomic mass is 32.2. The van der Waals surface area contributed by atoms with Gasteiger partial charge >= 0.3 is 0 Å². The molecule has 0 aliphatic heterocycles. The van der Waals surface area contributed by atoms with Crippen molar-refractivity contribution in [3.63, 3.8) is 0 Å². The highest BCUT2D eigenvalue weighted by Crippen LogP contribution is 2.24. The Hall–Kier alpha value is -3.10. The summed E-state index contributed by atoms with van der Waals surface area (Å²) in [5, 5.41) is 7.70. The number of nitrogens with one attached hydrogen (secondary N) is 2. The fourth-order valence-corrected chi connectivity index (χ4v) is 4.78. The van der Waals surface area contributed by atoms with Gasteiger partial charge in [0.25, 0.3) is 0 Å². The molecule has 0 aliphatic carbocycles. The van der Waals surface area contributed by atoms with Crippen LogP contribution in [0.2, 0.25) is 0 Å². The third-order valence-corrected chi connectivity index (χ3v) is 6.87. The largest absolute Gasteiger partial charge is 0.370 e. The summed E-state index contributed by atoms with van der Waals surface area (Å²) in [5.74, 6) is 0.771. The molecule has 0 saturated carbocycles. The van der Waals surface area contributed by atoms with Crippen LogP contribution in [0.4, 0.5) is 5.82 Å². The lowest BCUT2D eigenvalue weighted by Gasteiger charge is -2.13. The van der Waals surface area contributed by atoms with Crippen molar-refractivity contribution >= 4 is 48.1 Å². The predicted molar refractivity (Wildman–Crippen MR) is 133 cm³/mol. The zero-order valence-corrected chi connectivity index (χ0v) is 19.1. The molecule has 4 radical (unpaired) electrons. The second-order valence-corrected chi connectivity index (χ2v) is 9.48. The molecule has 2 aromatic carbocycles. The Morgan fingerprint density at radius 1 is 0.970 bits per heavy atom. The lowest BCUT2D eigenvalue weighted by molar-refractivity contribution is 0.578. The molecule has 2 heterocycles. The van der Waals surface area contributed by atoms with Crippen LogP contribution < -0.4 is 21.0 Å². The minimum atomic E-state index is -3.63. The number of hydrogen-bond acceptors (Lipinski definition) is 5. The Labute approximate surface area is 196 Å². The van der Waals surface area contributed by atoms with Crippen molar-refractivity contribution in [2.75, 3.05) is 18.4 Å². The number of aryl methyl sites for hydroxylation is 1. The topological polar surface area (TPSA) is 88.4 Å². The van der Waals surface area contributed by atoms with Gasteiger partial charge in [-0.05, 0) is 36.9 Å². The van der Waals surface area contributed by atoms with Gasteiger partial charge in [-0.3, -0.25) is 0 Å². The van der Waals surface area contributed by atoms with Gasteiger partial charge in [-0.25, -0.2) is 18.1 Å². The van der Waals surface area contributed by atoms with Crippen LogP contribution in [0.1, 0.15) is 18.4 Å². The van der Waals surface area contributed by atoms with Gasteiger partial charge in [0.15, 0.2) is 5.65 Å². The van der Waals surface area contributed by atoms with Crippen LogP contribution in [0, 0.1) is 6.92 Å². The van der Waals surface area contributed by atoms with Gasteiger partial charge in [-0.15, -0.1) is 0 Å². The molecule has 0 spiro atoms. The van der Waals surface area contributed by atoms with Gasteiger partial charge in [0.05, 0.1) is 10.6 Å². The normalized spacial score (nSPS) is 11.7. The molecular weight excluding hydrogens is 432 g/mol. The Balaban J connectivity index is 1.40. The van der Waals surface area contributed by atoms with Crippen molar-refractivity contribution in [3.8, 4) is 11.3 Å². The summed E-state index contributed by atoms with van der Waals surface area (Å²) in [6.45, 7) is 2.98. The lowest BCUT2D eigenvalue weighted by atomic mass is 9.97. The number of sulfonamides is 1. The van der Waals surface area contributed by atoms with Gasteiger partial charge in [0.2, 0.25) is 10.0 Å². The van der Waals surface area contributed by atoms with E-state index in [1.165, 1.54) is 6.07 Å². The van der Waals surface area contributed by atoms with E-state index >= 15 is 0 Å². The van der Waals surface area contributed by atoms with E-state index in [1.54, 1.807) is 28.9 Å². The number of anilines is 1. The standard InChI is InChI=1S/C23H23B2N5O2S/c1-16-8-2-3-9-17(16)20-14-22(30-23(29-20)19(25)15-27-30)26-12-6-7-13-28-33(31,32)21-11-5-4-10-18(21)24/h2-5,8-11,14-15,26,28H,6-7,12-13H2,1H3. The maximum atomic E-state index is 12.4. The summed E-state index contributed by atoms with van der Waals surface area (Å²) in [5.41, 5.74) is 4.28. The molecule has 2 aromatic heterocycles. The molecule has 164 valence electrons. The number of rotatable bonds is 9. The first-order valence-electron chi connectivity index (χ1n) is 10.6. The van der Waals surface area contributed by atoms with E-state index in [0.717, 1.165) is 29.1 Å². The SMILES string of the molecule is [B]c1ccccc1S(=O)(=O)NCCCCNc1cc(-c2ccccc2C)nc2c([B])cnn12. The molecule has 0 amide bonds. The van der Waals surface area contributed by atoms with Gasteiger partial charge in [0, 0.05) is 30.9 Å². The van der Waals surface area contributed by atoms with Crippen LogP contribution in [0.3, 0.4) is 0 Å². The zero-order valence-electron chi connectivity index (χ0n) is 18.3. The molecule has 7 nitrogen and oxygen atoms in total. The molecule has 0 bridgehead atoms. The van der Waals surface area contributed by atoms with Crippen LogP contribution in [0.5, 0.6) is 0 Å². The summed E-state index contributed by atoms with van der Waals surface area (Å²) < 4.78 is 29.1. The van der Waals surface area contributed by atoms with E-state index in [9.17, 15) is 8.42 Å². The molecule has 0 fully saturated rings. The minimum Gasteiger partial charge on any atom is -0.370 e. The van der Waals surface area contributed by atoms with E-state index in [-0.39, 0.29) is 10.4 Å². The number of aromatic nitrogens is 3. The van der Waals surface area contributed by atoms with E-state index in [2.05, 4.69) is 15.1 Å². The Morgan fingerprint density at radius 2 is 1.70 bits per heavy atom. The quantitative estimate of drug-likeness (QED) is 0.295. The second kappa shape index (κ2) is 9.80. The van der Waals surface area contributed by atoms with E-state index < -0.39 is 10.0 Å². The van der Waals surface area contributed by atoms with Crippen LogP contribution in [0.15, 0.2) is 65.7 Å². The number of hydrogen-bond donors (Lipinski definition) is 2. The number of unbranched alkanes of at least 4 members (excludes halogenated alkanes) is 1. The summed E-state index contributed by atoms with van der Waals surface area (Å²) in [6.07, 6.45) is 2.98. The van der Waals surface area contributed by atoms with Crippen molar-refractivity contribution in [1.82, 2.24) is 19.3 Å². The second-order valence-electron chi connectivity index (χ2n) is 7.75. The molecule has 10 heteroatoms. The lowest BCUT2D eigenvalue weighted by Crippen LogP contribution is -2.29. The van der Waals surface area contributed by atoms with Gasteiger partial charge in [0.1, 0.15) is 21.5 Å². The third-order valence-electron chi connectivity index (χ3n) is 5.33. The molecular formula is C23H23B2N5O2S. The molecule has 33 heavy (non-hydrogen) atoms. The van der Waals surface area contributed by atoms with E-state index in [0.29, 0.717) is 30.6 Å². The van der Waals surface area contributed by atoms with Gasteiger partial charge < -0.3 is 5.32 Å². The first-order chi connectivity index (χ1) is 15.9. The fraction of sp³-hybridized carbons (Fsp3) is 0.217. The van der Waals surface area contributed by atoms with Crippen molar-refractivity contribution in [2.45, 2.75) is 24.7 Å². The monoisotopic (exact) mass is 455 g/mol. The summed E-state index contributed by atoms with van der Waals surface area (Å²) in [4.78, 5) is 4.79. The first-order valence-corrected chi connectivity index (χ1v) is 12.1. The minimum absolute atomic E-state index is 0.0994. The highest BCUT2D eigenvalue weighted by molar-refractivity contribution is 7.89. The molecule has 0 atom stereocenters. The maximum Gasteiger partial charge on any atom is 0.239 e. The smallest absolute Gasteiger partial charge is 0.239 e. The summed E-state index contributed by atoms with van der Waals surface area (Å²) >= 11 is 0. The molecule has 0 aliphatic rings. The highest BCUT2D eigenvalue weighted by Gasteiger charge is 2.15. The van der Waals surface area contributed by atoms with Crippen molar-refractivity contribution < 1.29 is 8.42 Å². The third kappa shape index (κ3) is 5.12. The average molecular weight is 455 g/mol. The molecule has 4 aromatic rings. The molecule has 0 unspecified atom stereocenters. The van der Waals surface area contributed by atoms with Gasteiger partial charge in [-0.1, -0.05) is 47.9 Å². The molecule has 2 N–H and O–H groups in total. The number of benzene rings is 2. The number of fused-ring (bicyclic) bond motifs is 1. The van der Waals surface area contributed by atoms with Crippen LogP contribution >= 0.6 is 0 Å².